The first-order chi connectivity index (χ1) is 9.99. The number of carbonyl (C=O) groups excluding carboxylic acids is 1. The predicted octanol–water partition coefficient (Wildman–Crippen LogP) is 3.55. The van der Waals surface area contributed by atoms with Crippen molar-refractivity contribution in [2.45, 2.75) is 6.04 Å². The Morgan fingerprint density at radius 3 is 2.33 bits per heavy atom. The molecule has 0 spiro atoms. The van der Waals surface area contributed by atoms with Gasteiger partial charge in [-0.2, -0.15) is 0 Å². The fraction of sp³-hybridized carbons (Fsp3) is 0.0667. The molecule has 2 rings (SSSR count). The number of hydrogen-bond donors (Lipinski definition) is 2. The number of carboxylic acid groups (broad SMARTS) is 1. The molecule has 0 aliphatic heterocycles. The van der Waals surface area contributed by atoms with Gasteiger partial charge in [-0.3, -0.25) is 4.79 Å². The third-order valence-electron chi connectivity index (χ3n) is 2.83. The molecule has 21 heavy (non-hydrogen) atoms. The zero-order valence-electron chi connectivity index (χ0n) is 10.7. The van der Waals surface area contributed by atoms with Crippen molar-refractivity contribution in [1.29, 1.82) is 0 Å². The minimum absolute atomic E-state index is 0.131. The van der Waals surface area contributed by atoms with Crippen molar-refractivity contribution >= 4 is 35.1 Å². The Bertz CT molecular complexity index is 674. The maximum absolute atomic E-state index is 12.2. The number of carbonyl (C=O) groups is 2. The second kappa shape index (κ2) is 6.61. The Labute approximate surface area is 131 Å². The van der Waals surface area contributed by atoms with Crippen LogP contribution in [0.5, 0.6) is 0 Å². The summed E-state index contributed by atoms with van der Waals surface area (Å²) in [6.07, 6.45) is 0. The van der Waals surface area contributed by atoms with Crippen molar-refractivity contribution in [1.82, 2.24) is 5.32 Å². The highest BCUT2D eigenvalue weighted by Crippen LogP contribution is 2.22. The first kappa shape index (κ1) is 15.4. The molecule has 0 heterocycles. The topological polar surface area (TPSA) is 66.4 Å². The van der Waals surface area contributed by atoms with Crippen LogP contribution in [0, 0.1) is 0 Å². The number of carboxylic acids is 1. The fourth-order valence-electron chi connectivity index (χ4n) is 1.81. The summed E-state index contributed by atoms with van der Waals surface area (Å²) in [5.41, 5.74) is 0.600. The highest BCUT2D eigenvalue weighted by atomic mass is 35.5. The second-order valence-electron chi connectivity index (χ2n) is 4.28. The molecule has 0 aromatic heterocycles. The maximum Gasteiger partial charge on any atom is 0.330 e. The summed E-state index contributed by atoms with van der Waals surface area (Å²) in [6, 6.07) is 11.7. The first-order valence-corrected chi connectivity index (χ1v) is 6.78. The van der Waals surface area contributed by atoms with Gasteiger partial charge in [-0.1, -0.05) is 53.5 Å². The lowest BCUT2D eigenvalue weighted by Gasteiger charge is -2.15. The van der Waals surface area contributed by atoms with Crippen LogP contribution in [0.25, 0.3) is 0 Å². The zero-order valence-corrected chi connectivity index (χ0v) is 12.2. The molecule has 6 heteroatoms. The summed E-state index contributed by atoms with van der Waals surface area (Å²) in [5.74, 6) is -1.76. The van der Waals surface area contributed by atoms with Crippen LogP contribution in [0.4, 0.5) is 0 Å². The summed E-state index contributed by atoms with van der Waals surface area (Å²) in [5, 5.41) is 12.3. The summed E-state index contributed by atoms with van der Waals surface area (Å²) in [6.45, 7) is 0. The first-order valence-electron chi connectivity index (χ1n) is 6.02. The van der Waals surface area contributed by atoms with Crippen LogP contribution in [-0.4, -0.2) is 17.0 Å². The molecule has 1 atom stereocenters. The van der Waals surface area contributed by atoms with Crippen LogP contribution in [0.1, 0.15) is 22.0 Å². The number of halogens is 2. The van der Waals surface area contributed by atoms with Gasteiger partial charge in [0, 0.05) is 5.02 Å². The Balaban J connectivity index is 2.27. The largest absolute Gasteiger partial charge is 0.479 e. The molecule has 2 aromatic rings. The summed E-state index contributed by atoms with van der Waals surface area (Å²) < 4.78 is 0. The van der Waals surface area contributed by atoms with E-state index in [1.165, 1.54) is 12.1 Å². The van der Waals surface area contributed by atoms with E-state index in [1.807, 2.05) is 0 Å². The lowest BCUT2D eigenvalue weighted by atomic mass is 10.1. The molecule has 1 amide bonds. The van der Waals surface area contributed by atoms with Crippen LogP contribution >= 0.6 is 23.2 Å². The molecule has 0 bridgehead atoms. The molecular weight excluding hydrogens is 313 g/mol. The van der Waals surface area contributed by atoms with Crippen molar-refractivity contribution < 1.29 is 14.7 Å². The summed E-state index contributed by atoms with van der Waals surface area (Å²) >= 11 is 11.8. The molecule has 2 N–H and O–H groups in total. The minimum atomic E-state index is -1.16. The van der Waals surface area contributed by atoms with Gasteiger partial charge in [0.25, 0.3) is 5.91 Å². The molecule has 2 aromatic carbocycles. The van der Waals surface area contributed by atoms with Crippen molar-refractivity contribution in [2.24, 2.45) is 0 Å². The van der Waals surface area contributed by atoms with Crippen molar-refractivity contribution in [3.05, 3.63) is 69.7 Å². The Morgan fingerprint density at radius 2 is 1.71 bits per heavy atom. The second-order valence-corrected chi connectivity index (χ2v) is 5.12. The minimum Gasteiger partial charge on any atom is -0.479 e. The van der Waals surface area contributed by atoms with Gasteiger partial charge in [-0.25, -0.2) is 4.79 Å². The molecule has 0 aliphatic carbocycles. The van der Waals surface area contributed by atoms with Crippen molar-refractivity contribution in [3.8, 4) is 0 Å². The smallest absolute Gasteiger partial charge is 0.330 e. The quantitative estimate of drug-likeness (QED) is 0.904. The molecule has 0 aliphatic rings. The molecule has 4 nitrogen and oxygen atoms in total. The van der Waals surface area contributed by atoms with E-state index in [0.717, 1.165) is 0 Å². The average Bonchev–Trinajstić information content (AvgIpc) is 2.47. The number of benzene rings is 2. The van der Waals surface area contributed by atoms with E-state index in [2.05, 4.69) is 5.32 Å². The van der Waals surface area contributed by atoms with Gasteiger partial charge in [0.15, 0.2) is 6.04 Å². The van der Waals surface area contributed by atoms with E-state index >= 15 is 0 Å². The van der Waals surface area contributed by atoms with Gasteiger partial charge in [-0.05, 0) is 23.8 Å². The highest BCUT2D eigenvalue weighted by Gasteiger charge is 2.23. The zero-order chi connectivity index (χ0) is 15.4. The van der Waals surface area contributed by atoms with Gasteiger partial charge >= 0.3 is 5.97 Å². The monoisotopic (exact) mass is 323 g/mol. The highest BCUT2D eigenvalue weighted by molar-refractivity contribution is 6.35. The van der Waals surface area contributed by atoms with Crippen LogP contribution in [0.15, 0.2) is 48.5 Å². The number of nitrogens with one attached hydrogen (secondary N) is 1. The number of rotatable bonds is 4. The number of amides is 1. The van der Waals surface area contributed by atoms with E-state index in [0.29, 0.717) is 10.6 Å². The standard InChI is InChI=1S/C15H11Cl2NO3/c16-10-6-7-12(17)11(8-10)14(19)18-13(15(20)21)9-4-2-1-3-5-9/h1-8,13H,(H,18,19)(H,20,21)/t13-/m0/s1. The van der Waals surface area contributed by atoms with Gasteiger partial charge in [-0.15, -0.1) is 0 Å². The van der Waals surface area contributed by atoms with E-state index in [1.54, 1.807) is 36.4 Å². The number of aliphatic carboxylic acids is 1. The SMILES string of the molecule is O=C(N[C@H](C(=O)O)c1ccccc1)c1cc(Cl)ccc1Cl. The van der Waals surface area contributed by atoms with Crippen molar-refractivity contribution in [3.63, 3.8) is 0 Å². The van der Waals surface area contributed by atoms with E-state index in [-0.39, 0.29) is 10.6 Å². The van der Waals surface area contributed by atoms with Crippen LogP contribution in [0.3, 0.4) is 0 Å². The number of hydrogen-bond acceptors (Lipinski definition) is 2. The lowest BCUT2D eigenvalue weighted by molar-refractivity contribution is -0.139. The predicted molar refractivity (Wildman–Crippen MR) is 80.7 cm³/mol. The molecule has 108 valence electrons. The van der Waals surface area contributed by atoms with Gasteiger partial charge in [0.05, 0.1) is 10.6 Å². The maximum atomic E-state index is 12.2. The van der Waals surface area contributed by atoms with Gasteiger partial charge in [0.2, 0.25) is 0 Å². The molecule has 0 saturated heterocycles. The average molecular weight is 324 g/mol. The van der Waals surface area contributed by atoms with Crippen LogP contribution in [-0.2, 0) is 4.79 Å². The van der Waals surface area contributed by atoms with Gasteiger partial charge < -0.3 is 10.4 Å². The fourth-order valence-corrected chi connectivity index (χ4v) is 2.19. The molecule has 0 fully saturated rings. The molecule has 0 saturated carbocycles. The van der Waals surface area contributed by atoms with Gasteiger partial charge in [0.1, 0.15) is 0 Å². The lowest BCUT2D eigenvalue weighted by Crippen LogP contribution is -2.33. The summed E-state index contributed by atoms with van der Waals surface area (Å²) in [7, 11) is 0. The molecule has 0 unspecified atom stereocenters. The van der Waals surface area contributed by atoms with E-state index in [4.69, 9.17) is 23.2 Å². The molecular formula is C15H11Cl2NO3. The normalized spacial score (nSPS) is 11.7. The van der Waals surface area contributed by atoms with Crippen LogP contribution in [0.2, 0.25) is 10.0 Å². The molecule has 0 radical (unpaired) electrons. The Morgan fingerprint density at radius 1 is 1.05 bits per heavy atom. The third kappa shape index (κ3) is 3.74. The summed E-state index contributed by atoms with van der Waals surface area (Å²) in [4.78, 5) is 23.5. The van der Waals surface area contributed by atoms with E-state index < -0.39 is 17.9 Å². The van der Waals surface area contributed by atoms with Crippen LogP contribution < -0.4 is 5.32 Å². The third-order valence-corrected chi connectivity index (χ3v) is 3.39. The Hall–Kier alpha value is -2.04. The van der Waals surface area contributed by atoms with Crippen molar-refractivity contribution in [2.75, 3.05) is 0 Å². The Kier molecular flexibility index (Phi) is 4.83. The van der Waals surface area contributed by atoms with E-state index in [9.17, 15) is 14.7 Å².